The number of nitrogens with zero attached hydrogens (tertiary/aromatic N) is 2. The minimum absolute atomic E-state index is 0.299. The van der Waals surface area contributed by atoms with E-state index in [-0.39, 0.29) is 0 Å². The normalized spacial score (nSPS) is 13.3. The third-order valence-electron chi connectivity index (χ3n) is 4.26. The van der Waals surface area contributed by atoms with E-state index < -0.39 is 0 Å². The summed E-state index contributed by atoms with van der Waals surface area (Å²) in [4.78, 5) is 4.41. The van der Waals surface area contributed by atoms with Crippen molar-refractivity contribution >= 4 is 22.7 Å². The van der Waals surface area contributed by atoms with Gasteiger partial charge < -0.3 is 14.9 Å². The molecule has 0 saturated carbocycles. The molecule has 3 aromatic rings. The molecule has 0 aliphatic carbocycles. The van der Waals surface area contributed by atoms with Crippen molar-refractivity contribution in [2.75, 3.05) is 16.5 Å². The largest absolute Gasteiger partial charge is 0.506 e. The molecule has 0 saturated heterocycles. The van der Waals surface area contributed by atoms with Crippen LogP contribution in [0.2, 0.25) is 0 Å². The summed E-state index contributed by atoms with van der Waals surface area (Å²) in [5.74, 6) is 0.299. The first-order chi connectivity index (χ1) is 11.2. The Balaban J connectivity index is 1.81. The van der Waals surface area contributed by atoms with E-state index in [0.29, 0.717) is 12.4 Å². The van der Waals surface area contributed by atoms with Crippen molar-refractivity contribution in [3.8, 4) is 5.75 Å². The van der Waals surface area contributed by atoms with Crippen LogP contribution in [0, 0.1) is 6.92 Å². The van der Waals surface area contributed by atoms with Crippen LogP contribution in [0.3, 0.4) is 0 Å². The predicted octanol–water partition coefficient (Wildman–Crippen LogP) is 4.95. The molecule has 1 heterocycles. The fraction of sp³-hybridized carbons (Fsp3) is 0.100. The molecule has 23 heavy (non-hydrogen) atoms. The Labute approximate surface area is 136 Å². The zero-order valence-corrected chi connectivity index (χ0v) is 13.0. The Kier molecular flexibility index (Phi) is 3.19. The molecule has 1 N–H and O–H groups in total. The summed E-state index contributed by atoms with van der Waals surface area (Å²) >= 11 is 0. The first kappa shape index (κ1) is 13.7. The predicted molar refractivity (Wildman–Crippen MR) is 94.9 cm³/mol. The molecule has 1 aliphatic rings. The lowest BCUT2D eigenvalue weighted by Crippen LogP contribution is -2.23. The van der Waals surface area contributed by atoms with E-state index in [1.165, 1.54) is 5.56 Å². The molecule has 0 aromatic heterocycles. The quantitative estimate of drug-likeness (QED) is 0.725. The van der Waals surface area contributed by atoms with Crippen molar-refractivity contribution in [2.45, 2.75) is 6.92 Å². The van der Waals surface area contributed by atoms with E-state index in [0.717, 1.165) is 22.7 Å². The highest BCUT2D eigenvalue weighted by Crippen LogP contribution is 2.45. The van der Waals surface area contributed by atoms with Gasteiger partial charge >= 0.3 is 0 Å². The SMILES string of the molecule is Cc1ccc(N2CN(c3ccccc3O)c3ccccc32)cc1. The molecule has 0 spiro atoms. The molecule has 0 bridgehead atoms. The Morgan fingerprint density at radius 1 is 0.696 bits per heavy atom. The van der Waals surface area contributed by atoms with Crippen LogP contribution in [-0.4, -0.2) is 11.8 Å². The zero-order valence-electron chi connectivity index (χ0n) is 13.0. The van der Waals surface area contributed by atoms with Crippen LogP contribution < -0.4 is 9.80 Å². The van der Waals surface area contributed by atoms with E-state index in [2.05, 4.69) is 53.1 Å². The molecule has 4 rings (SSSR count). The molecule has 3 nitrogen and oxygen atoms in total. The molecule has 3 heteroatoms. The summed E-state index contributed by atoms with van der Waals surface area (Å²) in [5, 5.41) is 10.2. The topological polar surface area (TPSA) is 26.7 Å². The maximum absolute atomic E-state index is 10.2. The smallest absolute Gasteiger partial charge is 0.139 e. The molecular weight excluding hydrogens is 284 g/mol. The van der Waals surface area contributed by atoms with Crippen molar-refractivity contribution in [1.82, 2.24) is 0 Å². The van der Waals surface area contributed by atoms with E-state index in [9.17, 15) is 5.11 Å². The second-order valence-electron chi connectivity index (χ2n) is 5.81. The number of para-hydroxylation sites is 4. The second kappa shape index (κ2) is 5.36. The van der Waals surface area contributed by atoms with Gasteiger partial charge in [0.25, 0.3) is 0 Å². The Morgan fingerprint density at radius 2 is 1.26 bits per heavy atom. The van der Waals surface area contributed by atoms with Crippen LogP contribution in [0.15, 0.2) is 72.8 Å². The number of aryl methyl sites for hydroxylation is 1. The van der Waals surface area contributed by atoms with Crippen LogP contribution in [0.25, 0.3) is 0 Å². The molecule has 0 unspecified atom stereocenters. The van der Waals surface area contributed by atoms with Crippen molar-refractivity contribution in [3.05, 3.63) is 78.4 Å². The lowest BCUT2D eigenvalue weighted by Gasteiger charge is -2.22. The molecular formula is C20H18N2O. The molecule has 0 amide bonds. The fourth-order valence-electron chi connectivity index (χ4n) is 3.06. The summed E-state index contributed by atoms with van der Waals surface area (Å²) in [6, 6.07) is 24.3. The summed E-state index contributed by atoms with van der Waals surface area (Å²) in [6.07, 6.45) is 0. The number of benzene rings is 3. The third kappa shape index (κ3) is 2.30. The summed E-state index contributed by atoms with van der Waals surface area (Å²) in [5.41, 5.74) is 5.49. The Hall–Kier alpha value is -2.94. The van der Waals surface area contributed by atoms with Gasteiger partial charge in [0.15, 0.2) is 0 Å². The van der Waals surface area contributed by atoms with Crippen molar-refractivity contribution in [1.29, 1.82) is 0 Å². The Morgan fingerprint density at radius 3 is 1.91 bits per heavy atom. The minimum atomic E-state index is 0.299. The maximum Gasteiger partial charge on any atom is 0.139 e. The standard InChI is InChI=1S/C20H18N2O/c1-15-10-12-16(13-11-15)21-14-22(18-7-3-2-6-17(18)21)19-8-4-5-9-20(19)23/h2-13,23H,14H2,1H3. The molecule has 3 aromatic carbocycles. The number of hydrogen-bond donors (Lipinski definition) is 1. The monoisotopic (exact) mass is 302 g/mol. The highest BCUT2D eigenvalue weighted by Gasteiger charge is 2.28. The van der Waals surface area contributed by atoms with Crippen LogP contribution >= 0.6 is 0 Å². The number of rotatable bonds is 2. The van der Waals surface area contributed by atoms with Gasteiger partial charge in [0.2, 0.25) is 0 Å². The van der Waals surface area contributed by atoms with Crippen LogP contribution in [0.5, 0.6) is 5.75 Å². The van der Waals surface area contributed by atoms with Gasteiger partial charge in [0.05, 0.1) is 17.1 Å². The van der Waals surface area contributed by atoms with Crippen molar-refractivity contribution in [2.24, 2.45) is 0 Å². The minimum Gasteiger partial charge on any atom is -0.506 e. The number of anilines is 4. The third-order valence-corrected chi connectivity index (χ3v) is 4.26. The first-order valence-electron chi connectivity index (χ1n) is 7.73. The molecule has 0 fully saturated rings. The van der Waals surface area contributed by atoms with Crippen molar-refractivity contribution in [3.63, 3.8) is 0 Å². The average Bonchev–Trinajstić information content (AvgIpc) is 2.96. The average molecular weight is 302 g/mol. The number of fused-ring (bicyclic) bond motifs is 1. The lowest BCUT2D eigenvalue weighted by atomic mass is 10.2. The van der Waals surface area contributed by atoms with E-state index in [1.54, 1.807) is 6.07 Å². The van der Waals surface area contributed by atoms with Gasteiger partial charge in [0, 0.05) is 5.69 Å². The maximum atomic E-state index is 10.2. The van der Waals surface area contributed by atoms with Gasteiger partial charge in [-0.1, -0.05) is 42.0 Å². The van der Waals surface area contributed by atoms with Gasteiger partial charge in [-0.25, -0.2) is 0 Å². The summed E-state index contributed by atoms with van der Waals surface area (Å²) < 4.78 is 0. The molecule has 1 aliphatic heterocycles. The van der Waals surface area contributed by atoms with Crippen LogP contribution in [0.1, 0.15) is 5.56 Å². The lowest BCUT2D eigenvalue weighted by molar-refractivity contribution is 0.476. The van der Waals surface area contributed by atoms with Gasteiger partial charge in [0.1, 0.15) is 12.4 Å². The van der Waals surface area contributed by atoms with Gasteiger partial charge in [-0.3, -0.25) is 0 Å². The van der Waals surface area contributed by atoms with E-state index in [4.69, 9.17) is 0 Å². The number of aromatic hydroxyl groups is 1. The number of phenols is 1. The fourth-order valence-corrected chi connectivity index (χ4v) is 3.06. The van der Waals surface area contributed by atoms with Crippen LogP contribution in [0.4, 0.5) is 22.7 Å². The zero-order chi connectivity index (χ0) is 15.8. The molecule has 114 valence electrons. The van der Waals surface area contributed by atoms with Gasteiger partial charge in [-0.15, -0.1) is 0 Å². The van der Waals surface area contributed by atoms with Gasteiger partial charge in [-0.05, 0) is 43.3 Å². The van der Waals surface area contributed by atoms with E-state index in [1.807, 2.05) is 30.3 Å². The molecule has 0 radical (unpaired) electrons. The molecule has 0 atom stereocenters. The highest BCUT2D eigenvalue weighted by atomic mass is 16.3. The first-order valence-corrected chi connectivity index (χ1v) is 7.73. The number of phenolic OH excluding ortho intramolecular Hbond substituents is 1. The summed E-state index contributed by atoms with van der Waals surface area (Å²) in [7, 11) is 0. The van der Waals surface area contributed by atoms with Crippen LogP contribution in [-0.2, 0) is 0 Å². The highest BCUT2D eigenvalue weighted by molar-refractivity contribution is 5.88. The van der Waals surface area contributed by atoms with Crippen molar-refractivity contribution < 1.29 is 5.11 Å². The van der Waals surface area contributed by atoms with Gasteiger partial charge in [-0.2, -0.15) is 0 Å². The van der Waals surface area contributed by atoms with E-state index >= 15 is 0 Å². The summed E-state index contributed by atoms with van der Waals surface area (Å²) in [6.45, 7) is 2.77. The Bertz CT molecular complexity index is 842. The number of hydrogen-bond acceptors (Lipinski definition) is 3. The second-order valence-corrected chi connectivity index (χ2v) is 5.81.